The molecule has 0 N–H and O–H groups in total. The van der Waals surface area contributed by atoms with E-state index in [0.717, 1.165) is 69.4 Å². The van der Waals surface area contributed by atoms with Gasteiger partial charge in [0.05, 0.1) is 27.0 Å². The topological polar surface area (TPSA) is 53.1 Å². The second-order valence-electron chi connectivity index (χ2n) is 7.27. The summed E-state index contributed by atoms with van der Waals surface area (Å²) in [4.78, 5) is 7.18. The molecule has 29 heavy (non-hydrogen) atoms. The van der Waals surface area contributed by atoms with E-state index >= 15 is 0 Å². The lowest BCUT2D eigenvalue weighted by Crippen LogP contribution is -2.20. The van der Waals surface area contributed by atoms with E-state index in [4.69, 9.17) is 23.9 Å². The Hall–Kier alpha value is -2.99. The lowest BCUT2D eigenvalue weighted by atomic mass is 10.0. The smallest absolute Gasteiger partial charge is 0.165 e. The van der Waals surface area contributed by atoms with Crippen molar-refractivity contribution in [1.82, 2.24) is 9.88 Å². The van der Waals surface area contributed by atoms with Crippen molar-refractivity contribution in [2.75, 3.05) is 41.5 Å². The van der Waals surface area contributed by atoms with E-state index in [9.17, 15) is 0 Å². The molecule has 152 valence electrons. The third-order valence-electron chi connectivity index (χ3n) is 5.33. The Morgan fingerprint density at radius 2 is 1.69 bits per heavy atom. The van der Waals surface area contributed by atoms with Crippen molar-refractivity contribution >= 4 is 10.9 Å². The van der Waals surface area contributed by atoms with Gasteiger partial charge in [-0.05, 0) is 49.9 Å². The molecule has 3 aromatic rings. The number of fused-ring (bicyclic) bond motifs is 2. The van der Waals surface area contributed by atoms with Crippen LogP contribution in [-0.2, 0) is 6.54 Å². The summed E-state index contributed by atoms with van der Waals surface area (Å²) in [6.45, 7) is 4.37. The highest BCUT2D eigenvalue weighted by atomic mass is 16.5. The molecule has 0 unspecified atom stereocenters. The first kappa shape index (κ1) is 19.3. The minimum atomic E-state index is 0.642. The first-order valence-electron chi connectivity index (χ1n) is 9.60. The van der Waals surface area contributed by atoms with Gasteiger partial charge in [0, 0.05) is 29.6 Å². The van der Waals surface area contributed by atoms with Gasteiger partial charge in [-0.15, -0.1) is 0 Å². The van der Waals surface area contributed by atoms with Crippen LogP contribution in [0.25, 0.3) is 22.2 Å². The highest BCUT2D eigenvalue weighted by molar-refractivity contribution is 5.94. The summed E-state index contributed by atoms with van der Waals surface area (Å²) in [5.74, 6) is 3.05. The van der Waals surface area contributed by atoms with E-state index in [1.165, 1.54) is 0 Å². The number of hydrogen-bond acceptors (Lipinski definition) is 6. The molecule has 0 atom stereocenters. The Morgan fingerprint density at radius 3 is 2.41 bits per heavy atom. The molecule has 0 amide bonds. The van der Waals surface area contributed by atoms with Crippen molar-refractivity contribution in [3.63, 3.8) is 0 Å². The SMILES string of the molecule is COc1cc(-c2cc(C)c3c(OC)ccc(OC)c3n2)cc2c1OCCN(C)C2. The van der Waals surface area contributed by atoms with E-state index in [0.29, 0.717) is 6.61 Å². The van der Waals surface area contributed by atoms with Gasteiger partial charge in [0.2, 0.25) is 0 Å². The highest BCUT2D eigenvalue weighted by Gasteiger charge is 2.20. The predicted molar refractivity (Wildman–Crippen MR) is 113 cm³/mol. The van der Waals surface area contributed by atoms with E-state index in [2.05, 4.69) is 31.0 Å². The molecule has 0 aliphatic carbocycles. The van der Waals surface area contributed by atoms with Crippen molar-refractivity contribution in [2.45, 2.75) is 13.5 Å². The number of benzene rings is 2. The Bertz CT molecular complexity index is 1060. The van der Waals surface area contributed by atoms with Crippen LogP contribution in [0, 0.1) is 6.92 Å². The number of nitrogens with zero attached hydrogens (tertiary/aromatic N) is 2. The minimum absolute atomic E-state index is 0.642. The van der Waals surface area contributed by atoms with Gasteiger partial charge in [-0.2, -0.15) is 0 Å². The van der Waals surface area contributed by atoms with Gasteiger partial charge in [0.25, 0.3) is 0 Å². The maximum Gasteiger partial charge on any atom is 0.165 e. The van der Waals surface area contributed by atoms with Gasteiger partial charge in [0.15, 0.2) is 11.5 Å². The van der Waals surface area contributed by atoms with Crippen LogP contribution < -0.4 is 18.9 Å². The van der Waals surface area contributed by atoms with E-state index in [-0.39, 0.29) is 0 Å². The fourth-order valence-corrected chi connectivity index (χ4v) is 3.87. The molecular formula is C23H26N2O4. The van der Waals surface area contributed by atoms with Crippen molar-refractivity contribution < 1.29 is 18.9 Å². The van der Waals surface area contributed by atoms with Crippen LogP contribution in [0.15, 0.2) is 30.3 Å². The molecule has 4 rings (SSSR count). The van der Waals surface area contributed by atoms with Crippen LogP contribution in [0.2, 0.25) is 0 Å². The summed E-state index contributed by atoms with van der Waals surface area (Å²) in [5.41, 5.74) is 4.78. The van der Waals surface area contributed by atoms with Crippen LogP contribution in [0.5, 0.6) is 23.0 Å². The van der Waals surface area contributed by atoms with Gasteiger partial charge in [-0.3, -0.25) is 4.90 Å². The van der Waals surface area contributed by atoms with Crippen LogP contribution in [0.3, 0.4) is 0 Å². The Morgan fingerprint density at radius 1 is 0.966 bits per heavy atom. The van der Waals surface area contributed by atoms with Crippen LogP contribution in [-0.4, -0.2) is 51.4 Å². The first-order chi connectivity index (χ1) is 14.0. The maximum absolute atomic E-state index is 5.97. The van der Waals surface area contributed by atoms with Gasteiger partial charge in [-0.1, -0.05) is 0 Å². The molecule has 0 spiro atoms. The van der Waals surface area contributed by atoms with E-state index in [1.54, 1.807) is 21.3 Å². The molecule has 6 nitrogen and oxygen atoms in total. The summed E-state index contributed by atoms with van der Waals surface area (Å²) < 4.78 is 22.7. The largest absolute Gasteiger partial charge is 0.496 e. The number of pyridine rings is 1. The molecule has 0 bridgehead atoms. The summed E-state index contributed by atoms with van der Waals surface area (Å²) >= 11 is 0. The highest BCUT2D eigenvalue weighted by Crippen LogP contribution is 2.40. The molecular weight excluding hydrogens is 368 g/mol. The molecule has 1 aliphatic heterocycles. The van der Waals surface area contributed by atoms with E-state index < -0.39 is 0 Å². The minimum Gasteiger partial charge on any atom is -0.496 e. The number of ether oxygens (including phenoxy) is 4. The molecule has 0 radical (unpaired) electrons. The predicted octanol–water partition coefficient (Wildman–Crippen LogP) is 4.06. The van der Waals surface area contributed by atoms with Gasteiger partial charge in [-0.25, -0.2) is 4.98 Å². The second kappa shape index (κ2) is 7.79. The van der Waals surface area contributed by atoms with E-state index in [1.807, 2.05) is 18.2 Å². The summed E-state index contributed by atoms with van der Waals surface area (Å²) in [7, 11) is 7.09. The van der Waals surface area contributed by atoms with Gasteiger partial charge >= 0.3 is 0 Å². The zero-order chi connectivity index (χ0) is 20.5. The maximum atomic E-state index is 5.97. The third-order valence-corrected chi connectivity index (χ3v) is 5.33. The summed E-state index contributed by atoms with van der Waals surface area (Å²) in [6.07, 6.45) is 0. The molecule has 1 aliphatic rings. The Kier molecular flexibility index (Phi) is 5.20. The summed E-state index contributed by atoms with van der Waals surface area (Å²) in [6, 6.07) is 10.0. The third kappa shape index (κ3) is 3.44. The molecule has 0 saturated carbocycles. The zero-order valence-electron chi connectivity index (χ0n) is 17.5. The van der Waals surface area contributed by atoms with Crippen LogP contribution in [0.4, 0.5) is 0 Å². The lowest BCUT2D eigenvalue weighted by molar-refractivity contribution is 0.252. The molecule has 2 aromatic carbocycles. The monoisotopic (exact) mass is 394 g/mol. The summed E-state index contributed by atoms with van der Waals surface area (Å²) in [5, 5.41) is 0.959. The number of methoxy groups -OCH3 is 3. The second-order valence-corrected chi connectivity index (χ2v) is 7.27. The van der Waals surface area contributed by atoms with Crippen molar-refractivity contribution in [1.29, 1.82) is 0 Å². The molecule has 6 heteroatoms. The van der Waals surface area contributed by atoms with Crippen molar-refractivity contribution in [3.8, 4) is 34.3 Å². The standard InChI is InChI=1S/C23H26N2O4/c1-14-10-17(24-22-19(27-4)7-6-18(26-3)21(14)22)15-11-16-13-25(2)8-9-29-23(16)20(12-15)28-5/h6-7,10-12H,8-9,13H2,1-5H3. The fraction of sp³-hybridized carbons (Fsp3) is 0.348. The number of rotatable bonds is 4. The lowest BCUT2D eigenvalue weighted by Gasteiger charge is -2.17. The average molecular weight is 394 g/mol. The van der Waals surface area contributed by atoms with Crippen molar-refractivity contribution in [2.24, 2.45) is 0 Å². The fourth-order valence-electron chi connectivity index (χ4n) is 3.87. The normalized spacial score (nSPS) is 14.1. The number of hydrogen-bond donors (Lipinski definition) is 0. The number of aryl methyl sites for hydroxylation is 1. The molecule has 0 saturated heterocycles. The Labute approximate surface area is 171 Å². The first-order valence-corrected chi connectivity index (χ1v) is 9.60. The van der Waals surface area contributed by atoms with Crippen LogP contribution >= 0.6 is 0 Å². The van der Waals surface area contributed by atoms with Crippen LogP contribution in [0.1, 0.15) is 11.1 Å². The molecule has 0 fully saturated rings. The molecule has 1 aromatic heterocycles. The number of likely N-dealkylation sites (N-methyl/N-ethyl adjacent to an activating group) is 1. The quantitative estimate of drug-likeness (QED) is 0.665. The van der Waals surface area contributed by atoms with Crippen molar-refractivity contribution in [3.05, 3.63) is 41.5 Å². The average Bonchev–Trinajstić information content (AvgIpc) is 2.92. The van der Waals surface area contributed by atoms with Gasteiger partial charge in [0.1, 0.15) is 23.6 Å². The van der Waals surface area contributed by atoms with Gasteiger partial charge < -0.3 is 18.9 Å². The zero-order valence-corrected chi connectivity index (χ0v) is 17.5. The Balaban J connectivity index is 1.93. The molecule has 2 heterocycles. The number of aromatic nitrogens is 1.